The predicted molar refractivity (Wildman–Crippen MR) is 54.2 cm³/mol. The van der Waals surface area contributed by atoms with E-state index in [-0.39, 0.29) is 17.1 Å². The van der Waals surface area contributed by atoms with E-state index in [9.17, 15) is 0 Å². The second kappa shape index (κ2) is 3.01. The van der Waals surface area contributed by atoms with Gasteiger partial charge < -0.3 is 4.74 Å². The summed E-state index contributed by atoms with van der Waals surface area (Å²) in [6.07, 6.45) is 5.82. The summed E-state index contributed by atoms with van der Waals surface area (Å²) in [5.41, 5.74) is -0.237. The van der Waals surface area contributed by atoms with Gasteiger partial charge in [-0.3, -0.25) is 4.90 Å². The molecule has 0 N–H and O–H groups in total. The lowest BCUT2D eigenvalue weighted by Gasteiger charge is -2.53. The van der Waals surface area contributed by atoms with Crippen LogP contribution in [-0.2, 0) is 4.74 Å². The first-order valence-electron chi connectivity index (χ1n) is 4.67. The Bertz CT molecular complexity index is 241. The number of rotatable bonds is 0. The van der Waals surface area contributed by atoms with E-state index in [1.165, 1.54) is 0 Å². The van der Waals surface area contributed by atoms with Crippen molar-refractivity contribution in [3.63, 3.8) is 0 Å². The van der Waals surface area contributed by atoms with Crippen molar-refractivity contribution in [2.45, 2.75) is 39.3 Å². The van der Waals surface area contributed by atoms with Crippen LogP contribution in [0.15, 0.2) is 0 Å². The summed E-state index contributed by atoms with van der Waals surface area (Å²) in [5, 5.41) is 0. The molecule has 0 aliphatic carbocycles. The zero-order chi connectivity index (χ0) is 10.3. The molecule has 1 fully saturated rings. The standard InChI is InChI=1S/C11H19NO/c1-7-11(5)10(3,4)9(2)13-8-12(11)6/h1,9H,8H2,2-6H3. The van der Waals surface area contributed by atoms with Crippen LogP contribution in [0.4, 0.5) is 0 Å². The van der Waals surface area contributed by atoms with Crippen LogP contribution >= 0.6 is 0 Å². The van der Waals surface area contributed by atoms with Crippen LogP contribution in [0.3, 0.4) is 0 Å². The molecule has 2 atom stereocenters. The third-order valence-electron chi connectivity index (χ3n) is 3.83. The quantitative estimate of drug-likeness (QED) is 0.527. The maximum absolute atomic E-state index is 5.63. The van der Waals surface area contributed by atoms with E-state index in [1.807, 2.05) is 7.05 Å². The third-order valence-corrected chi connectivity index (χ3v) is 3.83. The summed E-state index contributed by atoms with van der Waals surface area (Å²) in [5.74, 6) is 2.90. The van der Waals surface area contributed by atoms with E-state index < -0.39 is 0 Å². The minimum atomic E-state index is -0.218. The normalized spacial score (nSPS) is 39.8. The van der Waals surface area contributed by atoms with E-state index >= 15 is 0 Å². The van der Waals surface area contributed by atoms with E-state index in [0.717, 1.165) is 0 Å². The van der Waals surface area contributed by atoms with Crippen molar-refractivity contribution in [2.24, 2.45) is 5.41 Å². The van der Waals surface area contributed by atoms with Gasteiger partial charge in [-0.15, -0.1) is 6.42 Å². The fraction of sp³-hybridized carbons (Fsp3) is 0.818. The smallest absolute Gasteiger partial charge is 0.100 e. The van der Waals surface area contributed by atoms with Gasteiger partial charge in [0, 0.05) is 5.41 Å². The van der Waals surface area contributed by atoms with Crippen LogP contribution < -0.4 is 0 Å². The molecule has 13 heavy (non-hydrogen) atoms. The highest BCUT2D eigenvalue weighted by Gasteiger charge is 2.50. The van der Waals surface area contributed by atoms with Crippen LogP contribution in [0.5, 0.6) is 0 Å². The van der Waals surface area contributed by atoms with Gasteiger partial charge in [-0.1, -0.05) is 19.8 Å². The Morgan fingerprint density at radius 3 is 2.38 bits per heavy atom. The molecule has 0 saturated carbocycles. The molecule has 1 heterocycles. The van der Waals surface area contributed by atoms with Gasteiger partial charge in [0.1, 0.15) is 6.73 Å². The zero-order valence-electron chi connectivity index (χ0n) is 9.22. The lowest BCUT2D eigenvalue weighted by molar-refractivity contribution is -0.173. The van der Waals surface area contributed by atoms with Gasteiger partial charge in [-0.2, -0.15) is 0 Å². The molecule has 2 nitrogen and oxygen atoms in total. The maximum Gasteiger partial charge on any atom is 0.100 e. The summed E-state index contributed by atoms with van der Waals surface area (Å²) in [6, 6.07) is 0. The molecule has 1 saturated heterocycles. The van der Waals surface area contributed by atoms with Crippen molar-refractivity contribution < 1.29 is 4.74 Å². The molecule has 0 bridgehead atoms. The topological polar surface area (TPSA) is 12.5 Å². The lowest BCUT2D eigenvalue weighted by atomic mass is 9.68. The number of hydrogen-bond acceptors (Lipinski definition) is 2. The van der Waals surface area contributed by atoms with Gasteiger partial charge in [-0.25, -0.2) is 0 Å². The molecule has 2 unspecified atom stereocenters. The maximum atomic E-state index is 5.63. The van der Waals surface area contributed by atoms with Gasteiger partial charge in [-0.05, 0) is 20.9 Å². The van der Waals surface area contributed by atoms with Crippen LogP contribution in [0.2, 0.25) is 0 Å². The second-order valence-corrected chi connectivity index (χ2v) is 4.57. The average Bonchev–Trinajstić information content (AvgIpc) is 2.09. The Morgan fingerprint density at radius 2 is 2.00 bits per heavy atom. The monoisotopic (exact) mass is 181 g/mol. The van der Waals surface area contributed by atoms with Gasteiger partial charge >= 0.3 is 0 Å². The molecular formula is C11H19NO. The number of nitrogens with zero attached hydrogens (tertiary/aromatic N) is 1. The third kappa shape index (κ3) is 1.27. The molecule has 0 amide bonds. The summed E-state index contributed by atoms with van der Waals surface area (Å²) >= 11 is 0. The fourth-order valence-corrected chi connectivity index (χ4v) is 1.74. The highest BCUT2D eigenvalue weighted by Crippen LogP contribution is 2.42. The second-order valence-electron chi connectivity index (χ2n) is 4.57. The molecule has 0 spiro atoms. The molecule has 2 heteroatoms. The first kappa shape index (κ1) is 10.6. The predicted octanol–water partition coefficient (Wildman–Crippen LogP) is 1.71. The van der Waals surface area contributed by atoms with Gasteiger partial charge in [0.05, 0.1) is 11.6 Å². The van der Waals surface area contributed by atoms with Crippen LogP contribution in [0, 0.1) is 17.8 Å². The molecule has 0 aromatic rings. The Morgan fingerprint density at radius 1 is 1.46 bits per heavy atom. The number of terminal acetylenes is 1. The van der Waals surface area contributed by atoms with E-state index in [2.05, 4.69) is 38.5 Å². The number of hydrogen-bond donors (Lipinski definition) is 0. The van der Waals surface area contributed by atoms with Crippen LogP contribution in [0.25, 0.3) is 0 Å². The van der Waals surface area contributed by atoms with Crippen molar-refractivity contribution in [3.05, 3.63) is 0 Å². The molecule has 1 aliphatic rings. The molecular weight excluding hydrogens is 162 g/mol. The minimum absolute atomic E-state index is 0.0191. The summed E-state index contributed by atoms with van der Waals surface area (Å²) < 4.78 is 5.63. The van der Waals surface area contributed by atoms with Gasteiger partial charge in [0.25, 0.3) is 0 Å². The number of ether oxygens (including phenoxy) is 1. The van der Waals surface area contributed by atoms with E-state index in [4.69, 9.17) is 11.2 Å². The fourth-order valence-electron chi connectivity index (χ4n) is 1.74. The Balaban J connectivity index is 3.07. The molecule has 1 rings (SSSR count). The summed E-state index contributed by atoms with van der Waals surface area (Å²) in [4.78, 5) is 2.09. The van der Waals surface area contributed by atoms with Gasteiger partial charge in [0.15, 0.2) is 0 Å². The van der Waals surface area contributed by atoms with Crippen LogP contribution in [-0.4, -0.2) is 30.3 Å². The summed E-state index contributed by atoms with van der Waals surface area (Å²) in [7, 11) is 2.01. The lowest BCUT2D eigenvalue weighted by Crippen LogP contribution is -2.62. The Labute approximate surface area is 81.3 Å². The van der Waals surface area contributed by atoms with Crippen molar-refractivity contribution in [1.29, 1.82) is 0 Å². The van der Waals surface area contributed by atoms with E-state index in [1.54, 1.807) is 0 Å². The SMILES string of the molecule is C#CC1(C)N(C)COC(C)C1(C)C. The van der Waals surface area contributed by atoms with Crippen LogP contribution in [0.1, 0.15) is 27.7 Å². The highest BCUT2D eigenvalue weighted by molar-refractivity contribution is 5.19. The molecule has 0 radical (unpaired) electrons. The first-order valence-corrected chi connectivity index (χ1v) is 4.67. The Hall–Kier alpha value is -0.520. The first-order chi connectivity index (χ1) is 5.86. The molecule has 0 aromatic carbocycles. The van der Waals surface area contributed by atoms with E-state index in [0.29, 0.717) is 6.73 Å². The largest absolute Gasteiger partial charge is 0.362 e. The molecule has 74 valence electrons. The highest BCUT2D eigenvalue weighted by atomic mass is 16.5. The van der Waals surface area contributed by atoms with Gasteiger partial charge in [0.2, 0.25) is 0 Å². The van der Waals surface area contributed by atoms with Crippen molar-refractivity contribution in [1.82, 2.24) is 4.90 Å². The van der Waals surface area contributed by atoms with Crippen molar-refractivity contribution in [2.75, 3.05) is 13.8 Å². The van der Waals surface area contributed by atoms with Crippen molar-refractivity contribution in [3.8, 4) is 12.3 Å². The minimum Gasteiger partial charge on any atom is -0.362 e. The molecule has 0 aromatic heterocycles. The average molecular weight is 181 g/mol. The summed E-state index contributed by atoms with van der Waals surface area (Å²) in [6.45, 7) is 9.13. The Kier molecular flexibility index (Phi) is 2.44. The molecule has 1 aliphatic heterocycles. The van der Waals surface area contributed by atoms with Crippen molar-refractivity contribution >= 4 is 0 Å². The zero-order valence-corrected chi connectivity index (χ0v) is 9.22.